The molecule has 2 heterocycles. The van der Waals surface area contributed by atoms with Crippen LogP contribution >= 0.6 is 0 Å². The zero-order chi connectivity index (χ0) is 20.1. The number of nitrogens with zero attached hydrogens (tertiary/aromatic N) is 3. The van der Waals surface area contributed by atoms with Crippen LogP contribution in [0.1, 0.15) is 51.1 Å². The summed E-state index contributed by atoms with van der Waals surface area (Å²) in [5.41, 5.74) is 1.47. The molecular formula is C21H31FN3O3+. The quantitative estimate of drug-likeness (QED) is 0.531. The van der Waals surface area contributed by atoms with E-state index in [4.69, 9.17) is 4.52 Å². The minimum Gasteiger partial charge on any atom is -0.435 e. The van der Waals surface area contributed by atoms with Gasteiger partial charge in [-0.2, -0.15) is 4.79 Å². The fraction of sp³-hybridized carbons (Fsp3) is 0.619. The van der Waals surface area contributed by atoms with Crippen molar-refractivity contribution in [1.82, 2.24) is 10.1 Å². The highest BCUT2D eigenvalue weighted by molar-refractivity contribution is 5.79. The highest BCUT2D eigenvalue weighted by atomic mass is 19.1. The second-order valence-corrected chi connectivity index (χ2v) is 7.82. The van der Waals surface area contributed by atoms with Crippen molar-refractivity contribution in [2.45, 2.75) is 45.4 Å². The number of hydrogen-bond donors (Lipinski definition) is 1. The van der Waals surface area contributed by atoms with Crippen molar-refractivity contribution in [3.63, 3.8) is 0 Å². The topological polar surface area (TPSA) is 66.6 Å². The number of fused-ring (bicyclic) bond motifs is 1. The fourth-order valence-corrected chi connectivity index (χ4v) is 4.31. The van der Waals surface area contributed by atoms with Gasteiger partial charge in [0.1, 0.15) is 5.82 Å². The molecule has 2 aromatic rings. The highest BCUT2D eigenvalue weighted by Gasteiger charge is 2.32. The lowest BCUT2D eigenvalue weighted by molar-refractivity contribution is -0.854. The van der Waals surface area contributed by atoms with Crippen LogP contribution in [0.2, 0.25) is 0 Å². The van der Waals surface area contributed by atoms with E-state index in [2.05, 4.69) is 10.1 Å². The van der Waals surface area contributed by atoms with Crippen LogP contribution in [0.4, 0.5) is 9.18 Å². The Morgan fingerprint density at radius 2 is 2.00 bits per heavy atom. The van der Waals surface area contributed by atoms with Gasteiger partial charge in [-0.1, -0.05) is 5.16 Å². The van der Waals surface area contributed by atoms with E-state index >= 15 is 0 Å². The molecule has 0 atom stereocenters. The first-order chi connectivity index (χ1) is 13.5. The molecule has 7 heteroatoms. The second-order valence-electron chi connectivity index (χ2n) is 7.82. The number of likely N-dealkylation sites (tertiary alicyclic amines) is 1. The van der Waals surface area contributed by atoms with Crippen molar-refractivity contribution in [2.75, 3.05) is 39.3 Å². The predicted octanol–water partition coefficient (Wildman–Crippen LogP) is 4.46. The summed E-state index contributed by atoms with van der Waals surface area (Å²) >= 11 is 0. The Balaban J connectivity index is 1.46. The second kappa shape index (κ2) is 9.01. The predicted molar refractivity (Wildman–Crippen MR) is 106 cm³/mol. The van der Waals surface area contributed by atoms with Crippen molar-refractivity contribution < 1.29 is 23.3 Å². The molecule has 0 bridgehead atoms. The molecule has 1 fully saturated rings. The minimum atomic E-state index is -0.717. The number of carbonyl (C=O) groups is 1. The summed E-state index contributed by atoms with van der Waals surface area (Å²) in [5, 5.41) is 14.6. The molecule has 28 heavy (non-hydrogen) atoms. The van der Waals surface area contributed by atoms with Crippen LogP contribution in [0.5, 0.6) is 0 Å². The van der Waals surface area contributed by atoms with Gasteiger partial charge in [0.05, 0.1) is 25.3 Å². The zero-order valence-corrected chi connectivity index (χ0v) is 16.9. The molecule has 0 spiro atoms. The summed E-state index contributed by atoms with van der Waals surface area (Å²) in [7, 11) is 0. The lowest BCUT2D eigenvalue weighted by Crippen LogP contribution is -2.52. The van der Waals surface area contributed by atoms with Crippen molar-refractivity contribution in [3.8, 4) is 0 Å². The van der Waals surface area contributed by atoms with Crippen LogP contribution in [-0.2, 0) is 0 Å². The Hall–Kier alpha value is -1.99. The summed E-state index contributed by atoms with van der Waals surface area (Å²) in [4.78, 5) is 14.0. The first-order valence-corrected chi connectivity index (χ1v) is 10.4. The molecule has 6 nitrogen and oxygen atoms in total. The van der Waals surface area contributed by atoms with E-state index in [0.717, 1.165) is 56.4 Å². The lowest BCUT2D eigenvalue weighted by Gasteiger charge is -2.32. The Kier molecular flexibility index (Phi) is 6.67. The van der Waals surface area contributed by atoms with Gasteiger partial charge in [0.15, 0.2) is 5.58 Å². The summed E-state index contributed by atoms with van der Waals surface area (Å²) < 4.78 is 18.8. The number of aromatic nitrogens is 1. The molecule has 1 aromatic heterocycles. The molecule has 1 aliphatic heterocycles. The van der Waals surface area contributed by atoms with Crippen LogP contribution in [0.3, 0.4) is 0 Å². The number of halogens is 1. The third kappa shape index (κ3) is 4.36. The molecule has 0 aliphatic carbocycles. The summed E-state index contributed by atoms with van der Waals surface area (Å²) in [6.07, 6.45) is 3.25. The molecule has 1 aliphatic rings. The van der Waals surface area contributed by atoms with E-state index < -0.39 is 6.09 Å². The fourth-order valence-electron chi connectivity index (χ4n) is 4.31. The average molecular weight is 392 g/mol. The third-order valence-corrected chi connectivity index (χ3v) is 6.36. The molecule has 3 rings (SSSR count). The van der Waals surface area contributed by atoms with Crippen LogP contribution in [-0.4, -0.2) is 65.0 Å². The maximum absolute atomic E-state index is 13.3. The highest BCUT2D eigenvalue weighted by Crippen LogP contribution is 2.32. The van der Waals surface area contributed by atoms with Crippen molar-refractivity contribution in [3.05, 3.63) is 29.7 Å². The molecule has 0 unspecified atom stereocenters. The Morgan fingerprint density at radius 3 is 2.64 bits per heavy atom. The van der Waals surface area contributed by atoms with Crippen LogP contribution in [0.15, 0.2) is 22.7 Å². The van der Waals surface area contributed by atoms with E-state index in [1.54, 1.807) is 6.07 Å². The van der Waals surface area contributed by atoms with Gasteiger partial charge >= 0.3 is 6.09 Å². The maximum Gasteiger partial charge on any atom is 0.513 e. The van der Waals surface area contributed by atoms with E-state index in [1.807, 2.05) is 13.8 Å². The van der Waals surface area contributed by atoms with E-state index in [0.29, 0.717) is 31.1 Å². The zero-order valence-electron chi connectivity index (χ0n) is 16.9. The number of hydrogen-bond acceptors (Lipinski definition) is 4. The summed E-state index contributed by atoms with van der Waals surface area (Å²) in [6.45, 7) is 8.86. The molecule has 1 amide bonds. The summed E-state index contributed by atoms with van der Waals surface area (Å²) in [6, 6.07) is 4.61. The largest absolute Gasteiger partial charge is 0.513 e. The number of amides is 1. The number of unbranched alkanes of at least 4 members (excludes halogenated alkanes) is 1. The van der Waals surface area contributed by atoms with Crippen molar-refractivity contribution in [2.24, 2.45) is 0 Å². The molecule has 0 saturated carbocycles. The first-order valence-electron chi connectivity index (χ1n) is 10.4. The standard InChI is InChI=1S/C21H30FN3O3/c1-3-25(4-2,21(26)27)14-6-5-11-24-12-9-16(10-13-24)20-18-8-7-17(22)15-19(18)28-23-20/h7-8,15-16H,3-6,9-14H2,1-2H3/p+1. The number of carboxylic acid groups (broad SMARTS) is 1. The number of piperidine rings is 1. The lowest BCUT2D eigenvalue weighted by atomic mass is 9.91. The van der Waals surface area contributed by atoms with Crippen molar-refractivity contribution in [1.29, 1.82) is 0 Å². The van der Waals surface area contributed by atoms with Gasteiger partial charge in [0, 0.05) is 17.4 Å². The molecular weight excluding hydrogens is 361 g/mol. The molecule has 1 aromatic carbocycles. The molecule has 1 saturated heterocycles. The van der Waals surface area contributed by atoms with Gasteiger partial charge in [-0.25, -0.2) is 8.87 Å². The van der Waals surface area contributed by atoms with E-state index in [9.17, 15) is 14.3 Å². The smallest absolute Gasteiger partial charge is 0.435 e. The average Bonchev–Trinajstić information content (AvgIpc) is 3.11. The third-order valence-electron chi connectivity index (χ3n) is 6.36. The normalized spacial score (nSPS) is 16.7. The monoisotopic (exact) mass is 392 g/mol. The van der Waals surface area contributed by atoms with Gasteiger partial charge in [-0.15, -0.1) is 0 Å². The van der Waals surface area contributed by atoms with Gasteiger partial charge in [-0.05, 0) is 71.3 Å². The van der Waals surface area contributed by atoms with E-state index in [1.165, 1.54) is 12.1 Å². The van der Waals surface area contributed by atoms with Crippen LogP contribution < -0.4 is 0 Å². The molecule has 154 valence electrons. The summed E-state index contributed by atoms with van der Waals surface area (Å²) in [5.74, 6) is 0.0428. The SMILES string of the molecule is CC[N+](CC)(CCCCN1CCC(c2noc3cc(F)ccc23)CC1)C(=O)O. The van der Waals surface area contributed by atoms with Crippen LogP contribution in [0.25, 0.3) is 11.0 Å². The Bertz CT molecular complexity index is 795. The number of rotatable bonds is 8. The minimum absolute atomic E-state index is 0.155. The van der Waals surface area contributed by atoms with E-state index in [-0.39, 0.29) is 10.3 Å². The molecule has 0 radical (unpaired) electrons. The number of quaternary nitrogens is 1. The Labute approximate surface area is 165 Å². The number of benzene rings is 1. The van der Waals surface area contributed by atoms with Gasteiger partial charge in [0.2, 0.25) is 0 Å². The molecule has 1 N–H and O–H groups in total. The van der Waals surface area contributed by atoms with Gasteiger partial charge < -0.3 is 14.5 Å². The van der Waals surface area contributed by atoms with Gasteiger partial charge in [-0.3, -0.25) is 0 Å². The first kappa shape index (κ1) is 20.7. The van der Waals surface area contributed by atoms with Crippen LogP contribution in [0, 0.1) is 5.82 Å². The van der Waals surface area contributed by atoms with Gasteiger partial charge in [0.25, 0.3) is 0 Å². The van der Waals surface area contributed by atoms with Crippen molar-refractivity contribution >= 4 is 17.1 Å². The maximum atomic E-state index is 13.3. The Morgan fingerprint density at radius 1 is 1.29 bits per heavy atom.